The van der Waals surface area contributed by atoms with Gasteiger partial charge in [-0.05, 0) is 42.5 Å². The zero-order valence-corrected chi connectivity index (χ0v) is 14.6. The Morgan fingerprint density at radius 3 is 2.70 bits per heavy atom. The second-order valence-corrected chi connectivity index (χ2v) is 6.70. The number of hydrogen-bond donors (Lipinski definition) is 2. The molecule has 4 nitrogen and oxygen atoms in total. The summed E-state index contributed by atoms with van der Waals surface area (Å²) in [5.41, 5.74) is 4.88. The van der Waals surface area contributed by atoms with Crippen LogP contribution in [0.1, 0.15) is 0 Å². The highest BCUT2D eigenvalue weighted by atomic mass is 35.5. The van der Waals surface area contributed by atoms with Crippen molar-refractivity contribution in [3.8, 4) is 0 Å². The number of para-hydroxylation sites is 1. The van der Waals surface area contributed by atoms with Gasteiger partial charge in [-0.1, -0.05) is 47.6 Å². The summed E-state index contributed by atoms with van der Waals surface area (Å²) in [5.74, 6) is 0.951. The van der Waals surface area contributed by atoms with Crippen molar-refractivity contribution >= 4 is 57.2 Å². The second kappa shape index (κ2) is 7.68. The van der Waals surface area contributed by atoms with Crippen LogP contribution in [0.5, 0.6) is 0 Å². The van der Waals surface area contributed by atoms with Crippen LogP contribution >= 0.6 is 35.6 Å². The lowest BCUT2D eigenvalue weighted by Crippen LogP contribution is -2.35. The molecular formula is C16H15ClN4S2. The summed E-state index contributed by atoms with van der Waals surface area (Å²) in [6, 6.07) is 17.3. The minimum absolute atomic E-state index is 0.617. The monoisotopic (exact) mass is 362 g/mol. The fraction of sp³-hybridized carbons (Fsp3) is 0.125. The van der Waals surface area contributed by atoms with E-state index in [-0.39, 0.29) is 0 Å². The van der Waals surface area contributed by atoms with Crippen LogP contribution in [0.2, 0.25) is 5.02 Å². The lowest BCUT2D eigenvalue weighted by atomic mass is 10.3. The molecule has 118 valence electrons. The first-order chi connectivity index (χ1) is 11.2. The van der Waals surface area contributed by atoms with Gasteiger partial charge in [0.05, 0.1) is 5.69 Å². The van der Waals surface area contributed by atoms with E-state index in [2.05, 4.69) is 15.8 Å². The maximum Gasteiger partial charge on any atom is 0.189 e. The Bertz CT molecular complexity index is 721. The number of hydrazone groups is 1. The van der Waals surface area contributed by atoms with Crippen molar-refractivity contribution in [2.45, 2.75) is 0 Å². The molecule has 23 heavy (non-hydrogen) atoms. The molecule has 2 N–H and O–H groups in total. The number of hydrogen-bond acceptors (Lipinski definition) is 4. The van der Waals surface area contributed by atoms with Gasteiger partial charge in [0.1, 0.15) is 0 Å². The van der Waals surface area contributed by atoms with E-state index in [0.717, 1.165) is 28.8 Å². The van der Waals surface area contributed by atoms with E-state index >= 15 is 0 Å². The summed E-state index contributed by atoms with van der Waals surface area (Å²) >= 11 is 13.2. The van der Waals surface area contributed by atoms with Crippen LogP contribution in [0, 0.1) is 0 Å². The van der Waals surface area contributed by atoms with E-state index < -0.39 is 0 Å². The average Bonchev–Trinajstić information content (AvgIpc) is 3.02. The highest BCUT2D eigenvalue weighted by molar-refractivity contribution is 8.14. The molecule has 1 fully saturated rings. The van der Waals surface area contributed by atoms with Crippen molar-refractivity contribution in [1.29, 1.82) is 0 Å². The van der Waals surface area contributed by atoms with E-state index in [1.165, 1.54) is 0 Å². The Morgan fingerprint density at radius 1 is 1.13 bits per heavy atom. The molecule has 0 unspecified atom stereocenters. The molecule has 0 radical (unpaired) electrons. The molecule has 0 saturated carbocycles. The second-order valence-electron chi connectivity index (χ2n) is 4.81. The first-order valence-corrected chi connectivity index (χ1v) is 8.85. The van der Waals surface area contributed by atoms with Crippen LogP contribution in [0.15, 0.2) is 59.7 Å². The standard InChI is InChI=1S/C16H15ClN4S2/c17-12-5-4-8-14(11-12)18-15(22)21-9-10-23-16(21)20-19-13-6-2-1-3-7-13/h1-8,11,19H,9-10H2,(H,18,22)/b20-16+. The molecule has 2 aromatic rings. The normalized spacial score (nSPS) is 15.7. The minimum Gasteiger partial charge on any atom is -0.332 e. The topological polar surface area (TPSA) is 39.7 Å². The van der Waals surface area contributed by atoms with Gasteiger partial charge in [-0.3, -0.25) is 10.3 Å². The third-order valence-corrected chi connectivity index (χ3v) is 4.67. The summed E-state index contributed by atoms with van der Waals surface area (Å²) in [4.78, 5) is 1.98. The molecular weight excluding hydrogens is 348 g/mol. The van der Waals surface area contributed by atoms with Crippen LogP contribution < -0.4 is 10.7 Å². The number of thioether (sulfide) groups is 1. The number of thiocarbonyl (C=S) groups is 1. The van der Waals surface area contributed by atoms with Crippen LogP contribution in [-0.2, 0) is 0 Å². The molecule has 1 aliphatic rings. The van der Waals surface area contributed by atoms with Gasteiger partial charge in [-0.15, -0.1) is 5.10 Å². The Labute approximate surface area is 149 Å². The largest absolute Gasteiger partial charge is 0.332 e. The summed E-state index contributed by atoms with van der Waals surface area (Å²) in [5, 5.41) is 9.81. The molecule has 0 aliphatic carbocycles. The summed E-state index contributed by atoms with van der Waals surface area (Å²) < 4.78 is 0. The SMILES string of the molecule is S=C(Nc1cccc(Cl)c1)N1CCS/C1=N/Nc1ccccc1. The number of amidine groups is 1. The Kier molecular flexibility index (Phi) is 5.38. The van der Waals surface area contributed by atoms with E-state index in [4.69, 9.17) is 23.8 Å². The Hall–Kier alpha value is -1.76. The van der Waals surface area contributed by atoms with Crippen LogP contribution in [0.4, 0.5) is 11.4 Å². The zero-order valence-electron chi connectivity index (χ0n) is 12.2. The lowest BCUT2D eigenvalue weighted by molar-refractivity contribution is 0.686. The molecule has 0 spiro atoms. The van der Waals surface area contributed by atoms with E-state index in [1.807, 2.05) is 59.5 Å². The van der Waals surface area contributed by atoms with Crippen molar-refractivity contribution in [2.24, 2.45) is 5.10 Å². The van der Waals surface area contributed by atoms with Crippen molar-refractivity contribution in [3.63, 3.8) is 0 Å². The van der Waals surface area contributed by atoms with Gasteiger partial charge >= 0.3 is 0 Å². The molecule has 1 saturated heterocycles. The Balaban J connectivity index is 1.67. The maximum atomic E-state index is 6.00. The van der Waals surface area contributed by atoms with Crippen molar-refractivity contribution < 1.29 is 0 Å². The van der Waals surface area contributed by atoms with Crippen LogP contribution in [0.3, 0.4) is 0 Å². The van der Waals surface area contributed by atoms with E-state index in [9.17, 15) is 0 Å². The minimum atomic E-state index is 0.617. The third-order valence-electron chi connectivity index (χ3n) is 3.15. The fourth-order valence-electron chi connectivity index (χ4n) is 2.07. The molecule has 0 amide bonds. The average molecular weight is 363 g/mol. The van der Waals surface area contributed by atoms with Crippen molar-refractivity contribution in [1.82, 2.24) is 4.90 Å². The number of rotatable bonds is 3. The van der Waals surface area contributed by atoms with Crippen molar-refractivity contribution in [2.75, 3.05) is 23.0 Å². The maximum absolute atomic E-state index is 6.00. The first-order valence-electron chi connectivity index (χ1n) is 7.08. The molecule has 1 heterocycles. The van der Waals surface area contributed by atoms with Gasteiger partial charge in [0, 0.05) is 23.0 Å². The van der Waals surface area contributed by atoms with Crippen LogP contribution in [-0.4, -0.2) is 27.5 Å². The van der Waals surface area contributed by atoms with E-state index in [1.54, 1.807) is 11.8 Å². The van der Waals surface area contributed by atoms with Crippen molar-refractivity contribution in [3.05, 3.63) is 59.6 Å². The van der Waals surface area contributed by atoms with Gasteiger partial charge in [0.2, 0.25) is 0 Å². The van der Waals surface area contributed by atoms with E-state index in [0.29, 0.717) is 10.1 Å². The molecule has 0 bridgehead atoms. The van der Waals surface area contributed by atoms with Gasteiger partial charge in [-0.25, -0.2) is 0 Å². The van der Waals surface area contributed by atoms with Gasteiger partial charge in [0.15, 0.2) is 10.3 Å². The molecule has 3 rings (SSSR count). The number of anilines is 2. The highest BCUT2D eigenvalue weighted by Gasteiger charge is 2.23. The molecule has 0 atom stereocenters. The smallest absolute Gasteiger partial charge is 0.189 e. The molecule has 0 aromatic heterocycles. The van der Waals surface area contributed by atoms with Gasteiger partial charge in [-0.2, -0.15) is 0 Å². The summed E-state index contributed by atoms with van der Waals surface area (Å²) in [6.45, 7) is 0.826. The zero-order chi connectivity index (χ0) is 16.1. The predicted octanol–water partition coefficient (Wildman–Crippen LogP) is 4.47. The fourth-order valence-corrected chi connectivity index (χ4v) is 3.51. The molecule has 1 aliphatic heterocycles. The molecule has 2 aromatic carbocycles. The number of halogens is 1. The third kappa shape index (κ3) is 4.37. The highest BCUT2D eigenvalue weighted by Crippen LogP contribution is 2.21. The van der Waals surface area contributed by atoms with Gasteiger partial charge < -0.3 is 5.32 Å². The number of nitrogens with one attached hydrogen (secondary N) is 2. The number of benzene rings is 2. The van der Waals surface area contributed by atoms with Crippen LogP contribution in [0.25, 0.3) is 0 Å². The predicted molar refractivity (Wildman–Crippen MR) is 104 cm³/mol. The summed E-state index contributed by atoms with van der Waals surface area (Å²) in [6.07, 6.45) is 0. The van der Waals surface area contributed by atoms with Gasteiger partial charge in [0.25, 0.3) is 0 Å². The number of nitrogens with zero attached hydrogens (tertiary/aromatic N) is 2. The molecule has 7 heteroatoms. The summed E-state index contributed by atoms with van der Waals surface area (Å²) in [7, 11) is 0. The first kappa shape index (κ1) is 16.1. The lowest BCUT2D eigenvalue weighted by Gasteiger charge is -2.20. The quantitative estimate of drug-likeness (QED) is 0.622. The Morgan fingerprint density at radius 2 is 1.91 bits per heavy atom.